The van der Waals surface area contributed by atoms with E-state index in [-0.39, 0.29) is 6.04 Å². The fourth-order valence-corrected chi connectivity index (χ4v) is 3.25. The minimum Gasteiger partial charge on any atom is -0.399 e. The third-order valence-corrected chi connectivity index (χ3v) is 5.19. The molecule has 1 rings (SSSR count). The standard InChI is InChI=1S/C12H20N2O2S/c1-8(2)14(5)17(15,16)12-7-11(13)6-9(3)10(12)4/h6-8H,13H2,1-5H3. The monoisotopic (exact) mass is 256 g/mol. The van der Waals surface area contributed by atoms with Gasteiger partial charge in [0.05, 0.1) is 4.90 Å². The molecule has 0 aromatic heterocycles. The molecule has 2 N–H and O–H groups in total. The molecule has 0 aliphatic carbocycles. The van der Waals surface area contributed by atoms with Gasteiger partial charge in [-0.3, -0.25) is 0 Å². The van der Waals surface area contributed by atoms with Crippen molar-refractivity contribution < 1.29 is 8.42 Å². The summed E-state index contributed by atoms with van der Waals surface area (Å²) in [4.78, 5) is 0.297. The Bertz CT molecular complexity index is 522. The van der Waals surface area contributed by atoms with Crippen LogP contribution in [0, 0.1) is 13.8 Å². The van der Waals surface area contributed by atoms with Gasteiger partial charge in [0, 0.05) is 18.8 Å². The smallest absolute Gasteiger partial charge is 0.243 e. The molecule has 0 spiro atoms. The van der Waals surface area contributed by atoms with Gasteiger partial charge in [-0.1, -0.05) is 0 Å². The lowest BCUT2D eigenvalue weighted by Crippen LogP contribution is -2.33. The van der Waals surface area contributed by atoms with E-state index in [2.05, 4.69) is 0 Å². The lowest BCUT2D eigenvalue weighted by Gasteiger charge is -2.22. The topological polar surface area (TPSA) is 63.4 Å². The molecule has 17 heavy (non-hydrogen) atoms. The maximum absolute atomic E-state index is 12.4. The molecule has 1 aromatic carbocycles. The molecular weight excluding hydrogens is 236 g/mol. The summed E-state index contributed by atoms with van der Waals surface area (Å²) in [6.45, 7) is 7.34. The maximum atomic E-state index is 12.4. The van der Waals surface area contributed by atoms with E-state index in [0.717, 1.165) is 11.1 Å². The van der Waals surface area contributed by atoms with Crippen molar-refractivity contribution >= 4 is 15.7 Å². The lowest BCUT2D eigenvalue weighted by molar-refractivity contribution is 0.410. The molecule has 0 radical (unpaired) electrons. The van der Waals surface area contributed by atoms with Gasteiger partial charge < -0.3 is 5.73 Å². The van der Waals surface area contributed by atoms with Crippen LogP contribution < -0.4 is 5.73 Å². The second kappa shape index (κ2) is 4.66. The Morgan fingerprint density at radius 2 is 1.76 bits per heavy atom. The SMILES string of the molecule is Cc1cc(N)cc(S(=O)(=O)N(C)C(C)C)c1C. The van der Waals surface area contributed by atoms with E-state index in [1.807, 2.05) is 20.8 Å². The van der Waals surface area contributed by atoms with Crippen molar-refractivity contribution in [3.8, 4) is 0 Å². The highest BCUT2D eigenvalue weighted by Crippen LogP contribution is 2.25. The van der Waals surface area contributed by atoms with Gasteiger partial charge in [-0.05, 0) is 51.0 Å². The fourth-order valence-electron chi connectivity index (χ4n) is 1.55. The lowest BCUT2D eigenvalue weighted by atomic mass is 10.1. The molecule has 5 heteroatoms. The van der Waals surface area contributed by atoms with E-state index in [0.29, 0.717) is 10.6 Å². The third kappa shape index (κ3) is 2.61. The molecular formula is C12H20N2O2S. The minimum absolute atomic E-state index is 0.0823. The van der Waals surface area contributed by atoms with Gasteiger partial charge >= 0.3 is 0 Å². The molecule has 0 aliphatic heterocycles. The molecule has 4 nitrogen and oxygen atoms in total. The van der Waals surface area contributed by atoms with Gasteiger partial charge in [0.25, 0.3) is 0 Å². The summed E-state index contributed by atoms with van der Waals surface area (Å²) in [6.07, 6.45) is 0. The van der Waals surface area contributed by atoms with Crippen LogP contribution in [0.4, 0.5) is 5.69 Å². The first-order chi connectivity index (χ1) is 7.67. The molecule has 0 fully saturated rings. The molecule has 0 saturated heterocycles. The summed E-state index contributed by atoms with van der Waals surface area (Å²) in [7, 11) is -1.88. The Hall–Kier alpha value is -1.07. The van der Waals surface area contributed by atoms with Gasteiger partial charge in [-0.15, -0.1) is 0 Å². The van der Waals surface area contributed by atoms with Crippen molar-refractivity contribution in [2.45, 2.75) is 38.6 Å². The van der Waals surface area contributed by atoms with E-state index in [9.17, 15) is 8.42 Å². The summed E-state index contributed by atoms with van der Waals surface area (Å²) in [5, 5.41) is 0. The van der Waals surface area contributed by atoms with Crippen molar-refractivity contribution in [2.75, 3.05) is 12.8 Å². The quantitative estimate of drug-likeness (QED) is 0.840. The van der Waals surface area contributed by atoms with E-state index in [1.54, 1.807) is 20.0 Å². The van der Waals surface area contributed by atoms with Gasteiger partial charge in [0.1, 0.15) is 0 Å². The number of anilines is 1. The summed E-state index contributed by atoms with van der Waals surface area (Å²) in [5.41, 5.74) is 7.84. The van der Waals surface area contributed by atoms with Crippen LogP contribution in [-0.4, -0.2) is 25.8 Å². The largest absolute Gasteiger partial charge is 0.399 e. The highest BCUT2D eigenvalue weighted by Gasteiger charge is 2.25. The first-order valence-corrected chi connectivity index (χ1v) is 6.96. The Morgan fingerprint density at radius 1 is 1.24 bits per heavy atom. The fraction of sp³-hybridized carbons (Fsp3) is 0.500. The van der Waals surface area contributed by atoms with E-state index in [4.69, 9.17) is 5.73 Å². The Morgan fingerprint density at radius 3 is 2.24 bits per heavy atom. The minimum atomic E-state index is -3.46. The number of hydrogen-bond donors (Lipinski definition) is 1. The summed E-state index contributed by atoms with van der Waals surface area (Å²) >= 11 is 0. The number of nitrogens with zero attached hydrogens (tertiary/aromatic N) is 1. The number of sulfonamides is 1. The molecule has 0 aliphatic rings. The zero-order valence-electron chi connectivity index (χ0n) is 11.0. The molecule has 0 bridgehead atoms. The second-order valence-corrected chi connectivity index (χ2v) is 6.54. The van der Waals surface area contributed by atoms with Gasteiger partial charge in [0.15, 0.2) is 0 Å². The van der Waals surface area contributed by atoms with Crippen LogP contribution in [-0.2, 0) is 10.0 Å². The van der Waals surface area contributed by atoms with E-state index < -0.39 is 10.0 Å². The van der Waals surface area contributed by atoms with Crippen LogP contribution in [0.25, 0.3) is 0 Å². The van der Waals surface area contributed by atoms with Crippen LogP contribution in [0.15, 0.2) is 17.0 Å². The summed E-state index contributed by atoms with van der Waals surface area (Å²) < 4.78 is 26.1. The number of aryl methyl sites for hydroxylation is 1. The Labute approximate surface area is 103 Å². The molecule has 96 valence electrons. The maximum Gasteiger partial charge on any atom is 0.243 e. The van der Waals surface area contributed by atoms with Crippen LogP contribution in [0.5, 0.6) is 0 Å². The van der Waals surface area contributed by atoms with Crippen molar-refractivity contribution in [3.05, 3.63) is 23.3 Å². The van der Waals surface area contributed by atoms with Crippen LogP contribution >= 0.6 is 0 Å². The van der Waals surface area contributed by atoms with Crippen LogP contribution in [0.1, 0.15) is 25.0 Å². The van der Waals surface area contributed by atoms with Crippen molar-refractivity contribution in [1.29, 1.82) is 0 Å². The average molecular weight is 256 g/mol. The van der Waals surface area contributed by atoms with Gasteiger partial charge in [0.2, 0.25) is 10.0 Å². The number of nitrogens with two attached hydrogens (primary N) is 1. The van der Waals surface area contributed by atoms with Crippen molar-refractivity contribution in [1.82, 2.24) is 4.31 Å². The Kier molecular flexibility index (Phi) is 3.84. The normalized spacial score (nSPS) is 12.4. The predicted octanol–water partition coefficient (Wildman–Crippen LogP) is 1.91. The molecule has 0 heterocycles. The van der Waals surface area contributed by atoms with Crippen LogP contribution in [0.2, 0.25) is 0 Å². The molecule has 0 amide bonds. The number of rotatable bonds is 3. The first kappa shape index (κ1) is 14.0. The van der Waals surface area contributed by atoms with Gasteiger partial charge in [-0.25, -0.2) is 8.42 Å². The Balaban J connectivity index is 3.44. The summed E-state index contributed by atoms with van der Waals surface area (Å²) in [6, 6.07) is 3.22. The number of nitrogen functional groups attached to an aromatic ring is 1. The number of hydrogen-bond acceptors (Lipinski definition) is 3. The highest BCUT2D eigenvalue weighted by atomic mass is 32.2. The highest BCUT2D eigenvalue weighted by molar-refractivity contribution is 7.89. The first-order valence-electron chi connectivity index (χ1n) is 5.52. The molecule has 1 aromatic rings. The number of benzene rings is 1. The zero-order valence-corrected chi connectivity index (χ0v) is 11.8. The van der Waals surface area contributed by atoms with Crippen LogP contribution in [0.3, 0.4) is 0 Å². The second-order valence-electron chi connectivity index (χ2n) is 4.58. The predicted molar refractivity (Wildman–Crippen MR) is 70.4 cm³/mol. The average Bonchev–Trinajstić information content (AvgIpc) is 2.21. The molecule has 0 unspecified atom stereocenters. The van der Waals surface area contributed by atoms with Crippen molar-refractivity contribution in [2.24, 2.45) is 0 Å². The third-order valence-electron chi connectivity index (χ3n) is 3.03. The molecule has 0 saturated carbocycles. The summed E-state index contributed by atoms with van der Waals surface area (Å²) in [5.74, 6) is 0. The zero-order chi connectivity index (χ0) is 13.4. The van der Waals surface area contributed by atoms with E-state index >= 15 is 0 Å². The van der Waals surface area contributed by atoms with E-state index in [1.165, 1.54) is 10.4 Å². The van der Waals surface area contributed by atoms with Gasteiger partial charge in [-0.2, -0.15) is 4.31 Å². The van der Waals surface area contributed by atoms with Crippen molar-refractivity contribution in [3.63, 3.8) is 0 Å². The molecule has 0 atom stereocenters.